The lowest BCUT2D eigenvalue weighted by molar-refractivity contribution is -0.170. The highest BCUT2D eigenvalue weighted by Gasteiger charge is 2.54. The lowest BCUT2D eigenvalue weighted by atomic mass is 9.96. The summed E-state index contributed by atoms with van der Waals surface area (Å²) in [6, 6.07) is 0. The van der Waals surface area contributed by atoms with Gasteiger partial charge in [-0.05, 0) is 6.92 Å². The van der Waals surface area contributed by atoms with E-state index in [9.17, 15) is 9.59 Å². The lowest BCUT2D eigenvalue weighted by Crippen LogP contribution is -2.51. The van der Waals surface area contributed by atoms with Crippen LogP contribution in [0.4, 0.5) is 4.79 Å². The Morgan fingerprint density at radius 3 is 2.31 bits per heavy atom. The van der Waals surface area contributed by atoms with Crippen LogP contribution in [-0.4, -0.2) is 41.1 Å². The van der Waals surface area contributed by atoms with Crippen LogP contribution >= 0.6 is 0 Å². The molecule has 0 saturated carbocycles. The van der Waals surface area contributed by atoms with E-state index in [-0.39, 0.29) is 0 Å². The number of carboxylic acid groups (broad SMARTS) is 1. The third-order valence-electron chi connectivity index (χ3n) is 2.56. The summed E-state index contributed by atoms with van der Waals surface area (Å²) in [5.41, 5.74) is -1.96. The third kappa shape index (κ3) is 1.97. The number of hydrogen-bond acceptors (Lipinski definition) is 4. The van der Waals surface area contributed by atoms with Crippen LogP contribution in [0.15, 0.2) is 0 Å². The van der Waals surface area contributed by atoms with Crippen molar-refractivity contribution in [3.63, 3.8) is 0 Å². The number of rotatable bonds is 1. The molecular weight excluding hydrogens is 214 g/mol. The molecule has 92 valence electrons. The smallest absolute Gasteiger partial charge is 0.409 e. The summed E-state index contributed by atoms with van der Waals surface area (Å²) in [4.78, 5) is 23.3. The van der Waals surface area contributed by atoms with E-state index in [1.165, 1.54) is 14.0 Å². The van der Waals surface area contributed by atoms with E-state index >= 15 is 0 Å². The molecule has 0 bridgehead atoms. The molecule has 0 radical (unpaired) electrons. The fourth-order valence-corrected chi connectivity index (χ4v) is 1.24. The molecule has 1 rings (SSSR count). The molecule has 16 heavy (non-hydrogen) atoms. The Balaban J connectivity index is 2.93. The Kier molecular flexibility index (Phi) is 2.89. The number of ether oxygens (including phenoxy) is 2. The normalized spacial score (nSPS) is 30.1. The molecule has 6 heteroatoms. The highest BCUT2D eigenvalue weighted by molar-refractivity contribution is 5.84. The second kappa shape index (κ2) is 3.62. The van der Waals surface area contributed by atoms with Gasteiger partial charge in [0.1, 0.15) is 0 Å². The highest BCUT2D eigenvalue weighted by Crippen LogP contribution is 2.35. The van der Waals surface area contributed by atoms with E-state index in [4.69, 9.17) is 14.6 Å². The molecule has 1 amide bonds. The van der Waals surface area contributed by atoms with Crippen LogP contribution < -0.4 is 0 Å². The zero-order valence-corrected chi connectivity index (χ0v) is 10.1. The molecule has 1 aliphatic rings. The topological polar surface area (TPSA) is 76.1 Å². The molecule has 1 N–H and O–H groups in total. The van der Waals surface area contributed by atoms with Gasteiger partial charge in [0.05, 0.1) is 0 Å². The molecule has 1 fully saturated rings. The number of nitrogens with zero attached hydrogens (tertiary/aromatic N) is 1. The highest BCUT2D eigenvalue weighted by atomic mass is 16.8. The Morgan fingerprint density at radius 2 is 2.00 bits per heavy atom. The third-order valence-corrected chi connectivity index (χ3v) is 2.56. The monoisotopic (exact) mass is 231 g/mol. The van der Waals surface area contributed by atoms with Crippen molar-refractivity contribution >= 4 is 12.1 Å². The Labute approximate surface area is 94.1 Å². The first-order chi connectivity index (χ1) is 7.09. The minimum Gasteiger partial charge on any atom is -0.465 e. The van der Waals surface area contributed by atoms with E-state index in [0.29, 0.717) is 0 Å². The first kappa shape index (κ1) is 12.8. The Morgan fingerprint density at radius 1 is 1.50 bits per heavy atom. The average molecular weight is 231 g/mol. The van der Waals surface area contributed by atoms with Gasteiger partial charge >= 0.3 is 12.1 Å². The number of carbonyl (C=O) groups excluding carboxylic acids is 1. The molecule has 6 nitrogen and oxygen atoms in total. The lowest BCUT2D eigenvalue weighted by Gasteiger charge is -2.30. The van der Waals surface area contributed by atoms with Crippen molar-refractivity contribution in [3.05, 3.63) is 0 Å². The van der Waals surface area contributed by atoms with Crippen molar-refractivity contribution in [3.8, 4) is 0 Å². The second-order valence-corrected chi connectivity index (χ2v) is 5.05. The summed E-state index contributed by atoms with van der Waals surface area (Å²) in [6.07, 6.45) is -1.99. The molecule has 1 aliphatic heterocycles. The van der Waals surface area contributed by atoms with Crippen LogP contribution in [0.5, 0.6) is 0 Å². The van der Waals surface area contributed by atoms with Gasteiger partial charge in [0, 0.05) is 12.5 Å². The maximum absolute atomic E-state index is 11.6. The number of likely N-dealkylation sites (N-methyl/N-ethyl adjacent to an activating group) is 1. The van der Waals surface area contributed by atoms with Gasteiger partial charge < -0.3 is 14.6 Å². The summed E-state index contributed by atoms with van der Waals surface area (Å²) in [5.74, 6) is -0.683. The van der Waals surface area contributed by atoms with Crippen molar-refractivity contribution in [1.29, 1.82) is 0 Å². The number of cyclic esters (lactones) is 1. The molecule has 1 saturated heterocycles. The van der Waals surface area contributed by atoms with Gasteiger partial charge in [0.25, 0.3) is 0 Å². The van der Waals surface area contributed by atoms with Crippen molar-refractivity contribution in [2.24, 2.45) is 5.41 Å². The molecule has 0 unspecified atom stereocenters. The van der Waals surface area contributed by atoms with E-state index in [1.54, 1.807) is 0 Å². The van der Waals surface area contributed by atoms with Gasteiger partial charge in [-0.2, -0.15) is 0 Å². The molecule has 0 aromatic carbocycles. The van der Waals surface area contributed by atoms with E-state index in [0.717, 1.165) is 4.90 Å². The number of esters is 1. The van der Waals surface area contributed by atoms with Crippen molar-refractivity contribution in [1.82, 2.24) is 4.90 Å². The molecule has 2 atom stereocenters. The first-order valence-electron chi connectivity index (χ1n) is 4.94. The Hall–Kier alpha value is -1.30. The van der Waals surface area contributed by atoms with Crippen molar-refractivity contribution in [2.45, 2.75) is 39.7 Å². The molecule has 0 aliphatic carbocycles. The summed E-state index contributed by atoms with van der Waals surface area (Å²) >= 11 is 0. The van der Waals surface area contributed by atoms with Gasteiger partial charge in [0.15, 0.2) is 0 Å². The van der Waals surface area contributed by atoms with E-state index in [2.05, 4.69) is 0 Å². The largest absolute Gasteiger partial charge is 0.465 e. The Bertz CT molecular complexity index is 322. The van der Waals surface area contributed by atoms with Gasteiger partial charge in [0.2, 0.25) is 12.0 Å². The maximum Gasteiger partial charge on any atom is 0.409 e. The zero-order chi connectivity index (χ0) is 12.7. The van der Waals surface area contributed by atoms with Crippen LogP contribution in [0, 0.1) is 5.41 Å². The van der Waals surface area contributed by atoms with Crippen LogP contribution in [0.25, 0.3) is 0 Å². The SMILES string of the molecule is CN(C(=O)O)[C@@]1(C)O[C@H](C(C)(C)C)OC1=O. The number of hydrogen-bond donors (Lipinski definition) is 1. The summed E-state index contributed by atoms with van der Waals surface area (Å²) in [7, 11) is 1.27. The molecular formula is C10H17NO5. The molecule has 0 aromatic rings. The maximum atomic E-state index is 11.6. The first-order valence-corrected chi connectivity index (χ1v) is 4.94. The fraction of sp³-hybridized carbons (Fsp3) is 0.800. The van der Waals surface area contributed by atoms with E-state index in [1.807, 2.05) is 20.8 Å². The van der Waals surface area contributed by atoms with Gasteiger partial charge in [-0.15, -0.1) is 0 Å². The summed E-state index contributed by atoms with van der Waals surface area (Å²) in [6.45, 7) is 6.92. The van der Waals surface area contributed by atoms with Crippen LogP contribution in [0.1, 0.15) is 27.7 Å². The van der Waals surface area contributed by atoms with Crippen LogP contribution in [-0.2, 0) is 14.3 Å². The van der Waals surface area contributed by atoms with Crippen LogP contribution in [0.3, 0.4) is 0 Å². The predicted molar refractivity (Wildman–Crippen MR) is 54.6 cm³/mol. The van der Waals surface area contributed by atoms with Crippen molar-refractivity contribution in [2.75, 3.05) is 7.05 Å². The minimum atomic E-state index is -1.57. The van der Waals surface area contributed by atoms with Crippen molar-refractivity contribution < 1.29 is 24.2 Å². The molecule has 0 spiro atoms. The quantitative estimate of drug-likeness (QED) is 0.687. The summed E-state index contributed by atoms with van der Waals surface area (Å²) in [5, 5.41) is 8.85. The standard InChI is InChI=1S/C10H17NO5/c1-9(2,3)7-15-6(12)10(4,16-7)11(5)8(13)14/h7H,1-5H3,(H,13,14)/t7-,10+/m1/s1. The second-order valence-electron chi connectivity index (χ2n) is 5.05. The number of amides is 1. The van der Waals surface area contributed by atoms with Gasteiger partial charge in [-0.3, -0.25) is 4.90 Å². The van der Waals surface area contributed by atoms with Crippen LogP contribution in [0.2, 0.25) is 0 Å². The fourth-order valence-electron chi connectivity index (χ4n) is 1.24. The van der Waals surface area contributed by atoms with Gasteiger partial charge in [-0.25, -0.2) is 9.59 Å². The molecule has 1 heterocycles. The minimum absolute atomic E-state index is 0.396. The zero-order valence-electron chi connectivity index (χ0n) is 10.1. The predicted octanol–water partition coefficient (Wildman–Crippen LogP) is 1.26. The summed E-state index contributed by atoms with van der Waals surface area (Å²) < 4.78 is 10.5. The average Bonchev–Trinajstić information content (AvgIpc) is 2.42. The number of carbonyl (C=O) groups is 2. The van der Waals surface area contributed by atoms with E-state index < -0.39 is 29.5 Å². The molecule has 0 aromatic heterocycles. The van der Waals surface area contributed by atoms with Gasteiger partial charge in [-0.1, -0.05) is 20.8 Å².